The van der Waals surface area contributed by atoms with Gasteiger partial charge in [-0.25, -0.2) is 4.79 Å². The molecular weight excluding hydrogens is 547 g/mol. The predicted octanol–water partition coefficient (Wildman–Crippen LogP) is 5.12. The molecule has 5 rings (SSSR count). The van der Waals surface area contributed by atoms with Gasteiger partial charge in [0.25, 0.3) is 14.1 Å². The van der Waals surface area contributed by atoms with Gasteiger partial charge < -0.3 is 18.2 Å². The molecule has 2 aliphatic rings. The van der Waals surface area contributed by atoms with Crippen LogP contribution < -0.4 is 11.2 Å². The van der Waals surface area contributed by atoms with Gasteiger partial charge in [0.2, 0.25) is 0 Å². The van der Waals surface area contributed by atoms with Gasteiger partial charge >= 0.3 is 5.69 Å². The summed E-state index contributed by atoms with van der Waals surface area (Å²) < 4.78 is 29.7. The Labute approximate surface area is 235 Å². The number of aromatic nitrogens is 3. The van der Waals surface area contributed by atoms with E-state index in [0.717, 1.165) is 16.6 Å². The molecule has 0 saturated carbocycles. The fourth-order valence-electron chi connectivity index (χ4n) is 4.82. The Morgan fingerprint density at radius 2 is 2.00 bits per heavy atom. The fourth-order valence-corrected chi connectivity index (χ4v) is 7.64. The van der Waals surface area contributed by atoms with E-state index in [1.165, 1.54) is 10.8 Å². The summed E-state index contributed by atoms with van der Waals surface area (Å²) in [6.45, 7) is 12.9. The lowest BCUT2D eigenvalue weighted by Crippen LogP contribution is -2.44. The molecule has 0 unspecified atom stereocenters. The van der Waals surface area contributed by atoms with Crippen molar-refractivity contribution >= 4 is 27.7 Å². The number of nitrogens with zero attached hydrogens (tertiary/aromatic N) is 3. The summed E-state index contributed by atoms with van der Waals surface area (Å²) in [4.78, 5) is 27.1. The molecule has 1 fully saturated rings. The van der Waals surface area contributed by atoms with Crippen molar-refractivity contribution in [2.45, 2.75) is 89.6 Å². The maximum absolute atomic E-state index is 12.7. The van der Waals surface area contributed by atoms with Crippen LogP contribution in [0.15, 0.2) is 46.1 Å². The SMILES string of the molecule is Cc1cn([C@H]2C[C@H](O[P@@]3O[C@H](CC#N)Cc4cc5ccccc5n43)[C@@H](CO[Si](C)(C)C(C)(C)C)O2)c(=O)[nH]c1=O. The van der Waals surface area contributed by atoms with Crippen LogP contribution in [-0.2, 0) is 24.6 Å². The minimum absolute atomic E-state index is 0.00830. The fraction of sp³-hybridized carbons (Fsp3) is 0.536. The molecule has 0 radical (unpaired) electrons. The van der Waals surface area contributed by atoms with E-state index in [1.54, 1.807) is 6.92 Å². The number of benzene rings is 1. The Kier molecular flexibility index (Phi) is 7.96. The summed E-state index contributed by atoms with van der Waals surface area (Å²) in [5.74, 6) is 0. The highest BCUT2D eigenvalue weighted by Crippen LogP contribution is 2.53. The minimum atomic E-state index is -2.11. The highest BCUT2D eigenvalue weighted by molar-refractivity contribution is 7.46. The highest BCUT2D eigenvalue weighted by atomic mass is 31.2. The molecule has 10 nitrogen and oxygen atoms in total. The van der Waals surface area contributed by atoms with Crippen molar-refractivity contribution in [2.24, 2.45) is 0 Å². The third kappa shape index (κ3) is 5.62. The molecule has 1 N–H and O–H groups in total. The molecule has 40 heavy (non-hydrogen) atoms. The summed E-state index contributed by atoms with van der Waals surface area (Å²) in [6, 6.07) is 12.5. The molecule has 2 aromatic heterocycles. The third-order valence-electron chi connectivity index (χ3n) is 8.19. The first kappa shape index (κ1) is 28.9. The maximum Gasteiger partial charge on any atom is 0.330 e. The molecule has 2 aliphatic heterocycles. The molecule has 0 amide bonds. The Morgan fingerprint density at radius 3 is 2.73 bits per heavy atom. The summed E-state index contributed by atoms with van der Waals surface area (Å²) in [6.07, 6.45) is 0.949. The van der Waals surface area contributed by atoms with Gasteiger partial charge in [-0.05, 0) is 37.2 Å². The molecular formula is C28H37N4O6PSi. The van der Waals surface area contributed by atoms with E-state index in [2.05, 4.69) is 61.4 Å². The Hall–Kier alpha value is -2.58. The van der Waals surface area contributed by atoms with Crippen molar-refractivity contribution in [2.75, 3.05) is 6.61 Å². The number of H-pyrrole nitrogens is 1. The zero-order valence-corrected chi connectivity index (χ0v) is 25.7. The number of nitriles is 1. The molecule has 1 aromatic carbocycles. The van der Waals surface area contributed by atoms with Crippen LogP contribution in [0, 0.1) is 18.3 Å². The van der Waals surface area contributed by atoms with Crippen LogP contribution in [0.5, 0.6) is 0 Å². The van der Waals surface area contributed by atoms with Gasteiger partial charge in [0.05, 0.1) is 36.8 Å². The monoisotopic (exact) mass is 584 g/mol. The van der Waals surface area contributed by atoms with E-state index in [-0.39, 0.29) is 17.6 Å². The topological polar surface area (TPSA) is 120 Å². The van der Waals surface area contributed by atoms with Crippen molar-refractivity contribution in [1.82, 2.24) is 13.9 Å². The smallest absolute Gasteiger partial charge is 0.330 e. The van der Waals surface area contributed by atoms with E-state index in [9.17, 15) is 14.9 Å². The average molecular weight is 585 g/mol. The lowest BCUT2D eigenvalue weighted by atomic mass is 10.1. The average Bonchev–Trinajstić information content (AvgIpc) is 3.45. The Balaban J connectivity index is 1.47. The number of para-hydroxylation sites is 1. The number of aryl methyl sites for hydroxylation is 1. The highest BCUT2D eigenvalue weighted by Gasteiger charge is 2.44. The molecule has 0 spiro atoms. The third-order valence-corrected chi connectivity index (χ3v) is 14.4. The van der Waals surface area contributed by atoms with Gasteiger partial charge in [0.15, 0.2) is 8.32 Å². The second-order valence-corrected chi connectivity index (χ2v) is 18.2. The van der Waals surface area contributed by atoms with Gasteiger partial charge in [-0.15, -0.1) is 0 Å². The number of fused-ring (bicyclic) bond motifs is 3. The molecule has 1 saturated heterocycles. The summed E-state index contributed by atoms with van der Waals surface area (Å²) in [7, 11) is -3.72. The van der Waals surface area contributed by atoms with Crippen LogP contribution in [0.1, 0.15) is 51.1 Å². The van der Waals surface area contributed by atoms with Gasteiger partial charge in [-0.3, -0.25) is 18.7 Å². The number of aromatic amines is 1. The second kappa shape index (κ2) is 11.0. The van der Waals surface area contributed by atoms with Crippen LogP contribution in [0.4, 0.5) is 0 Å². The standard InChI is InChI=1S/C28H37N4O6PSi/c1-18-16-31(27(34)30-26(18)33)25-15-23(24(36-25)17-35-40(5,6)28(2,3)4)38-39-32-20(14-21(37-39)11-12-29)13-19-9-7-8-10-22(19)32/h7-10,13,16,21,23-25H,11,14-15,17H2,1-6H3,(H,30,33,34)/t21-,23+,24-,25-,39-/m1/s1. The van der Waals surface area contributed by atoms with E-state index in [4.69, 9.17) is 18.2 Å². The molecule has 4 heterocycles. The Bertz CT molecular complexity index is 1550. The van der Waals surface area contributed by atoms with E-state index >= 15 is 0 Å². The van der Waals surface area contributed by atoms with Crippen LogP contribution in [0.2, 0.25) is 18.1 Å². The van der Waals surface area contributed by atoms with Crippen LogP contribution in [-0.4, -0.2) is 47.1 Å². The molecule has 5 atom stereocenters. The van der Waals surface area contributed by atoms with Crippen molar-refractivity contribution in [3.63, 3.8) is 0 Å². The first-order valence-corrected chi connectivity index (χ1v) is 17.6. The minimum Gasteiger partial charge on any atom is -0.414 e. The van der Waals surface area contributed by atoms with E-state index in [1.807, 2.05) is 18.2 Å². The number of hydrogen-bond donors (Lipinski definition) is 1. The largest absolute Gasteiger partial charge is 0.414 e. The van der Waals surface area contributed by atoms with Crippen molar-refractivity contribution < 1.29 is 18.2 Å². The molecule has 3 aromatic rings. The first-order valence-electron chi connectivity index (χ1n) is 13.6. The molecule has 0 bridgehead atoms. The lowest BCUT2D eigenvalue weighted by molar-refractivity contribution is -0.0407. The first-order chi connectivity index (χ1) is 18.9. The lowest BCUT2D eigenvalue weighted by Gasteiger charge is -2.37. The van der Waals surface area contributed by atoms with Gasteiger partial charge in [-0.2, -0.15) is 5.26 Å². The number of nitrogens with one attached hydrogen (secondary N) is 1. The van der Waals surface area contributed by atoms with E-state index < -0.39 is 46.5 Å². The zero-order valence-electron chi connectivity index (χ0n) is 23.8. The molecule has 12 heteroatoms. The van der Waals surface area contributed by atoms with Crippen molar-refractivity contribution in [1.29, 1.82) is 5.26 Å². The van der Waals surface area contributed by atoms with E-state index in [0.29, 0.717) is 25.0 Å². The van der Waals surface area contributed by atoms with Crippen LogP contribution in [0.3, 0.4) is 0 Å². The van der Waals surface area contributed by atoms with Crippen molar-refractivity contribution in [3.8, 4) is 6.07 Å². The summed E-state index contributed by atoms with van der Waals surface area (Å²) in [5.41, 5.74) is 1.55. The molecule has 214 valence electrons. The molecule has 0 aliphatic carbocycles. The van der Waals surface area contributed by atoms with Gasteiger partial charge in [-0.1, -0.05) is 39.0 Å². The number of hydrogen-bond acceptors (Lipinski definition) is 7. The second-order valence-electron chi connectivity index (χ2n) is 12.1. The van der Waals surface area contributed by atoms with Gasteiger partial charge in [0, 0.05) is 35.7 Å². The summed E-state index contributed by atoms with van der Waals surface area (Å²) >= 11 is 0. The van der Waals surface area contributed by atoms with Crippen molar-refractivity contribution in [3.05, 3.63) is 68.6 Å². The number of rotatable bonds is 7. The zero-order chi connectivity index (χ0) is 28.8. The van der Waals surface area contributed by atoms with Gasteiger partial charge in [0.1, 0.15) is 12.3 Å². The maximum atomic E-state index is 12.7. The normalized spacial score (nSPS) is 25.2. The number of ether oxygens (including phenoxy) is 1. The Morgan fingerprint density at radius 1 is 1.25 bits per heavy atom. The predicted molar refractivity (Wildman–Crippen MR) is 156 cm³/mol. The quantitative estimate of drug-likeness (QED) is 0.302. The summed E-state index contributed by atoms with van der Waals surface area (Å²) in [5, 5.41) is 10.5. The van der Waals surface area contributed by atoms with Crippen LogP contribution in [0.25, 0.3) is 10.9 Å². The van der Waals surface area contributed by atoms with Crippen LogP contribution >= 0.6 is 8.53 Å².